The van der Waals surface area contributed by atoms with Gasteiger partial charge in [-0.3, -0.25) is 0 Å². The van der Waals surface area contributed by atoms with Crippen LogP contribution >= 0.6 is 34.0 Å². The van der Waals surface area contributed by atoms with Gasteiger partial charge in [0.2, 0.25) is 5.69 Å². The molecular formula is C63H34N4S3. The highest BCUT2D eigenvalue weighted by molar-refractivity contribution is 7.27. The van der Waals surface area contributed by atoms with Crippen molar-refractivity contribution in [3.63, 3.8) is 0 Å². The molecule has 0 N–H and O–H groups in total. The van der Waals surface area contributed by atoms with Crippen molar-refractivity contribution in [2.45, 2.75) is 6.92 Å². The maximum Gasteiger partial charge on any atom is 0.221 e. The lowest BCUT2D eigenvalue weighted by Crippen LogP contribution is -2.08. The van der Waals surface area contributed by atoms with Crippen LogP contribution in [0, 0.1) is 24.8 Å². The third-order valence-electron chi connectivity index (χ3n) is 14.5. The minimum Gasteiger partial charge on any atom is -0.316 e. The van der Waals surface area contributed by atoms with Gasteiger partial charge in [0, 0.05) is 79.1 Å². The van der Waals surface area contributed by atoms with E-state index in [2.05, 4.69) is 198 Å². The molecule has 324 valence electrons. The molecule has 7 heteroatoms. The molecule has 5 aromatic heterocycles. The number of aryl methyl sites for hydroxylation is 1. The molecule has 0 fully saturated rings. The Labute approximate surface area is 412 Å². The van der Waals surface area contributed by atoms with Crippen LogP contribution in [0.1, 0.15) is 11.1 Å². The van der Waals surface area contributed by atoms with Crippen LogP contribution < -0.4 is 0 Å². The van der Waals surface area contributed by atoms with E-state index in [9.17, 15) is 11.8 Å². The van der Waals surface area contributed by atoms with Gasteiger partial charge in [0.25, 0.3) is 0 Å². The summed E-state index contributed by atoms with van der Waals surface area (Å²) in [5.74, 6) is 0. The van der Waals surface area contributed by atoms with Crippen molar-refractivity contribution >= 4 is 144 Å². The van der Waals surface area contributed by atoms with Crippen LogP contribution in [0.2, 0.25) is 0 Å². The van der Waals surface area contributed by atoms with Crippen LogP contribution in [-0.4, -0.2) is 9.13 Å². The smallest absolute Gasteiger partial charge is 0.221 e. The van der Waals surface area contributed by atoms with Crippen molar-refractivity contribution in [2.24, 2.45) is 0 Å². The number of rotatable bonds is 4. The number of thiophene rings is 3. The molecule has 0 aliphatic rings. The van der Waals surface area contributed by atoms with Gasteiger partial charge in [-0.15, -0.1) is 34.0 Å². The first-order chi connectivity index (χ1) is 34.6. The van der Waals surface area contributed by atoms with Gasteiger partial charge in [-0.25, -0.2) is 4.85 Å². The monoisotopic (exact) mass is 942 g/mol. The van der Waals surface area contributed by atoms with Crippen LogP contribution in [0.15, 0.2) is 188 Å². The van der Waals surface area contributed by atoms with Crippen molar-refractivity contribution in [2.75, 3.05) is 0 Å². The summed E-state index contributed by atoms with van der Waals surface area (Å²) in [6, 6.07) is 69.8. The normalized spacial score (nSPS) is 12.0. The molecule has 70 heavy (non-hydrogen) atoms. The van der Waals surface area contributed by atoms with Crippen LogP contribution in [0.25, 0.3) is 143 Å². The Balaban J connectivity index is 1.24. The van der Waals surface area contributed by atoms with Crippen molar-refractivity contribution in [1.82, 2.24) is 9.13 Å². The standard InChI is InChI=1S/C63H34N4S3/c1-35-33-46-40-23-12-16-28-51(40)70-63(46)60-52(35)45-24-9-13-25-48(45)66(60)56-47(34-64)53(36-17-5-3-6-18-36)59(54(55(56)65-2)37-19-7-4-8-20-37)67-57-41(29-31-43-38-21-10-14-26-49(38)68-61(43)57)42-30-32-44-39-22-11-15-27-50(39)69-62(44)58(42)67/h3-33H,1H3. The van der Waals surface area contributed by atoms with Crippen LogP contribution in [0.5, 0.6) is 0 Å². The first kappa shape index (κ1) is 39.4. The molecule has 0 saturated heterocycles. The second-order valence-corrected chi connectivity index (χ2v) is 21.2. The number of hydrogen-bond donors (Lipinski definition) is 0. The average Bonchev–Trinajstić information content (AvgIpc) is 4.24. The number of fused-ring (bicyclic) bond motifs is 18. The van der Waals surface area contributed by atoms with Gasteiger partial charge in [-0.2, -0.15) is 5.26 Å². The maximum absolute atomic E-state index is 12.3. The highest BCUT2D eigenvalue weighted by Crippen LogP contribution is 2.56. The molecule has 15 rings (SSSR count). The molecule has 0 saturated carbocycles. The Morgan fingerprint density at radius 2 is 0.900 bits per heavy atom. The predicted octanol–water partition coefficient (Wildman–Crippen LogP) is 19.0. The highest BCUT2D eigenvalue weighted by atomic mass is 32.1. The van der Waals surface area contributed by atoms with Crippen LogP contribution in [0.3, 0.4) is 0 Å². The van der Waals surface area contributed by atoms with Crippen LogP contribution in [-0.2, 0) is 0 Å². The number of nitrogens with zero attached hydrogens (tertiary/aromatic N) is 4. The number of aromatic nitrogens is 2. The fourth-order valence-electron chi connectivity index (χ4n) is 11.7. The third kappa shape index (κ3) is 5.21. The Bertz CT molecular complexity index is 4650. The number of nitriles is 1. The topological polar surface area (TPSA) is 38.0 Å². The van der Waals surface area contributed by atoms with E-state index in [-0.39, 0.29) is 0 Å². The number of hydrogen-bond acceptors (Lipinski definition) is 4. The van der Waals surface area contributed by atoms with Gasteiger partial charge in [0.15, 0.2) is 0 Å². The molecule has 0 bridgehead atoms. The van der Waals surface area contributed by atoms with Gasteiger partial charge in [0.05, 0.1) is 59.7 Å². The lowest BCUT2D eigenvalue weighted by molar-refractivity contribution is 1.15. The zero-order valence-electron chi connectivity index (χ0n) is 37.4. The molecule has 5 heterocycles. The molecule has 0 aliphatic heterocycles. The van der Waals surface area contributed by atoms with E-state index in [1.165, 1.54) is 55.8 Å². The molecule has 0 unspecified atom stereocenters. The molecule has 0 radical (unpaired) electrons. The van der Waals surface area contributed by atoms with Crippen molar-refractivity contribution in [1.29, 1.82) is 5.26 Å². The first-order valence-corrected chi connectivity index (χ1v) is 25.7. The number of benzene rings is 10. The largest absolute Gasteiger partial charge is 0.316 e. The second-order valence-electron chi connectivity index (χ2n) is 18.1. The van der Waals surface area contributed by atoms with Gasteiger partial charge in [0.1, 0.15) is 6.07 Å². The van der Waals surface area contributed by atoms with E-state index in [0.29, 0.717) is 16.9 Å². The summed E-state index contributed by atoms with van der Waals surface area (Å²) in [6.45, 7) is 11.8. The fraction of sp³-hybridized carbons (Fsp3) is 0.0159. The molecule has 0 atom stereocenters. The maximum atomic E-state index is 12.3. The van der Waals surface area contributed by atoms with Gasteiger partial charge < -0.3 is 9.13 Å². The quantitative estimate of drug-likeness (QED) is 0.162. The van der Waals surface area contributed by atoms with E-state index in [1.807, 2.05) is 34.8 Å². The minimum atomic E-state index is 0.429. The third-order valence-corrected chi connectivity index (χ3v) is 18.1. The van der Waals surface area contributed by atoms with Crippen molar-refractivity contribution in [3.8, 4) is 39.7 Å². The number of para-hydroxylation sites is 1. The second kappa shape index (κ2) is 14.7. The molecule has 15 aromatic rings. The zero-order chi connectivity index (χ0) is 46.4. The van der Waals surface area contributed by atoms with Gasteiger partial charge in [-0.1, -0.05) is 158 Å². The summed E-state index contributed by atoms with van der Waals surface area (Å²) >= 11 is 5.40. The van der Waals surface area contributed by atoms with Crippen molar-refractivity contribution in [3.05, 3.63) is 211 Å². The molecule has 0 amide bonds. The fourth-order valence-corrected chi connectivity index (χ4v) is 15.4. The molecular weight excluding hydrogens is 909 g/mol. The molecule has 4 nitrogen and oxygen atoms in total. The van der Waals surface area contributed by atoms with Crippen molar-refractivity contribution < 1.29 is 0 Å². The lowest BCUT2D eigenvalue weighted by Gasteiger charge is -2.26. The summed E-state index contributed by atoms with van der Waals surface area (Å²) in [6.07, 6.45) is 0. The summed E-state index contributed by atoms with van der Waals surface area (Å²) in [4.78, 5) is 4.70. The molecule has 0 aliphatic carbocycles. The summed E-state index contributed by atoms with van der Waals surface area (Å²) in [5.41, 5.74) is 10.9. The Morgan fingerprint density at radius 3 is 1.44 bits per heavy atom. The minimum absolute atomic E-state index is 0.429. The van der Waals surface area contributed by atoms with E-state index >= 15 is 0 Å². The molecule has 0 spiro atoms. The van der Waals surface area contributed by atoms with E-state index < -0.39 is 0 Å². The summed E-state index contributed by atoms with van der Waals surface area (Å²) in [5, 5.41) is 23.9. The summed E-state index contributed by atoms with van der Waals surface area (Å²) < 4.78 is 11.8. The average molecular weight is 943 g/mol. The highest BCUT2D eigenvalue weighted by Gasteiger charge is 2.33. The van der Waals surface area contributed by atoms with Crippen LogP contribution in [0.4, 0.5) is 5.69 Å². The SMILES string of the molecule is [C-]#[N+]c1c(-c2ccccc2)c(-n2c3c(ccc4c5ccccc5sc43)c3ccc4c5ccccc5sc4c32)c(-c2ccccc2)c(C#N)c1-n1c2ccccc2c2c(C)cc3c4ccccc4sc3c21. The first-order valence-electron chi connectivity index (χ1n) is 23.3. The van der Waals surface area contributed by atoms with Gasteiger partial charge >= 0.3 is 0 Å². The Morgan fingerprint density at radius 1 is 0.443 bits per heavy atom. The van der Waals surface area contributed by atoms with Gasteiger partial charge in [-0.05, 0) is 53.9 Å². The zero-order valence-corrected chi connectivity index (χ0v) is 39.9. The lowest BCUT2D eigenvalue weighted by atomic mass is 9.88. The van der Waals surface area contributed by atoms with E-state index in [0.717, 1.165) is 81.8 Å². The Hall–Kier alpha value is -8.56. The summed E-state index contributed by atoms with van der Waals surface area (Å²) in [7, 11) is 0. The van der Waals surface area contributed by atoms with E-state index in [1.54, 1.807) is 11.3 Å². The predicted molar refractivity (Wildman–Crippen MR) is 300 cm³/mol. The molecule has 10 aromatic carbocycles. The van der Waals surface area contributed by atoms with E-state index in [4.69, 9.17) is 4.85 Å². The Kier molecular flexibility index (Phi) is 8.29.